The van der Waals surface area contributed by atoms with Gasteiger partial charge in [-0.2, -0.15) is 5.26 Å². The third-order valence-corrected chi connectivity index (χ3v) is 2.04. The van der Waals surface area contributed by atoms with Crippen molar-refractivity contribution in [3.05, 3.63) is 42.2 Å². The van der Waals surface area contributed by atoms with Crippen LogP contribution in [0.3, 0.4) is 0 Å². The molecule has 86 valence electrons. The van der Waals surface area contributed by atoms with Gasteiger partial charge in [0, 0.05) is 0 Å². The van der Waals surface area contributed by atoms with Crippen molar-refractivity contribution in [2.45, 2.75) is 6.54 Å². The minimum Gasteiger partial charge on any atom is -0.492 e. The molecule has 0 amide bonds. The number of aromatic nitrogens is 3. The first-order valence-electron chi connectivity index (χ1n) is 4.96. The zero-order valence-electron chi connectivity index (χ0n) is 8.88. The molecule has 0 bridgehead atoms. The number of nitrogens with zero attached hydrogens (tertiary/aromatic N) is 4. The Labute approximate surface area is 97.1 Å². The second-order valence-electron chi connectivity index (χ2n) is 3.25. The lowest BCUT2D eigenvalue weighted by atomic mass is 10.3. The van der Waals surface area contributed by atoms with Gasteiger partial charge in [-0.05, 0) is 24.3 Å². The van der Waals surface area contributed by atoms with Gasteiger partial charge in [0.2, 0.25) is 0 Å². The Morgan fingerprint density at radius 3 is 2.76 bits per heavy atom. The molecule has 0 saturated carbocycles. The van der Waals surface area contributed by atoms with E-state index in [9.17, 15) is 4.39 Å². The van der Waals surface area contributed by atoms with Crippen molar-refractivity contribution in [1.82, 2.24) is 14.8 Å². The highest BCUT2D eigenvalue weighted by Crippen LogP contribution is 2.10. The van der Waals surface area contributed by atoms with Crippen LogP contribution in [0.25, 0.3) is 0 Å². The lowest BCUT2D eigenvalue weighted by Gasteiger charge is -2.05. The third-order valence-electron chi connectivity index (χ3n) is 2.04. The summed E-state index contributed by atoms with van der Waals surface area (Å²) in [7, 11) is 0. The molecular formula is C11H9FN4O. The molecule has 2 aromatic rings. The Kier molecular flexibility index (Phi) is 3.31. The van der Waals surface area contributed by atoms with E-state index < -0.39 is 0 Å². The zero-order valence-corrected chi connectivity index (χ0v) is 8.88. The molecule has 0 unspecified atom stereocenters. The van der Waals surface area contributed by atoms with Crippen LogP contribution in [0.2, 0.25) is 0 Å². The molecule has 0 aliphatic rings. The summed E-state index contributed by atoms with van der Waals surface area (Å²) in [5.41, 5.74) is 0. The van der Waals surface area contributed by atoms with Gasteiger partial charge < -0.3 is 4.74 Å². The predicted octanol–water partition coefficient (Wildman–Crippen LogP) is 1.37. The molecule has 5 nitrogen and oxygen atoms in total. The molecule has 1 heterocycles. The number of ether oxygens (including phenoxy) is 1. The van der Waals surface area contributed by atoms with Gasteiger partial charge in [0.1, 0.15) is 30.6 Å². The van der Waals surface area contributed by atoms with E-state index in [1.165, 1.54) is 23.1 Å². The van der Waals surface area contributed by atoms with Crippen molar-refractivity contribution in [1.29, 1.82) is 5.26 Å². The maximum Gasteiger partial charge on any atom is 0.252 e. The van der Waals surface area contributed by atoms with E-state index in [2.05, 4.69) is 10.1 Å². The Hall–Kier alpha value is -2.42. The average Bonchev–Trinajstić information content (AvgIpc) is 2.80. The van der Waals surface area contributed by atoms with E-state index in [4.69, 9.17) is 10.00 Å². The van der Waals surface area contributed by atoms with E-state index in [0.29, 0.717) is 18.9 Å². The molecule has 0 N–H and O–H groups in total. The van der Waals surface area contributed by atoms with E-state index in [1.807, 2.05) is 6.07 Å². The number of benzene rings is 1. The number of rotatable bonds is 4. The summed E-state index contributed by atoms with van der Waals surface area (Å²) in [6, 6.07) is 7.61. The highest BCUT2D eigenvalue weighted by molar-refractivity contribution is 5.21. The van der Waals surface area contributed by atoms with Gasteiger partial charge in [0.25, 0.3) is 5.82 Å². The van der Waals surface area contributed by atoms with Gasteiger partial charge in [0.05, 0.1) is 6.54 Å². The van der Waals surface area contributed by atoms with Crippen LogP contribution in [0.5, 0.6) is 5.75 Å². The van der Waals surface area contributed by atoms with Gasteiger partial charge >= 0.3 is 0 Å². The van der Waals surface area contributed by atoms with Crippen LogP contribution in [-0.2, 0) is 6.54 Å². The number of nitriles is 1. The fourth-order valence-corrected chi connectivity index (χ4v) is 1.24. The predicted molar refractivity (Wildman–Crippen MR) is 56.6 cm³/mol. The molecule has 1 aromatic carbocycles. The number of halogens is 1. The quantitative estimate of drug-likeness (QED) is 0.798. The smallest absolute Gasteiger partial charge is 0.252 e. The molecule has 0 atom stereocenters. The molecule has 1 aromatic heterocycles. The SMILES string of the molecule is N#Cc1ncn(CCOc2ccc(F)cc2)n1. The molecule has 2 rings (SSSR count). The molecule has 0 aliphatic carbocycles. The first kappa shape index (κ1) is 11.1. The van der Waals surface area contributed by atoms with E-state index >= 15 is 0 Å². The summed E-state index contributed by atoms with van der Waals surface area (Å²) in [6.07, 6.45) is 1.46. The summed E-state index contributed by atoms with van der Waals surface area (Å²) in [5, 5.41) is 12.4. The normalized spacial score (nSPS) is 9.88. The Morgan fingerprint density at radius 2 is 2.12 bits per heavy atom. The molecular weight excluding hydrogens is 223 g/mol. The summed E-state index contributed by atoms with van der Waals surface area (Å²) in [5.74, 6) is 0.422. The summed E-state index contributed by atoms with van der Waals surface area (Å²) in [4.78, 5) is 3.76. The molecule has 0 radical (unpaired) electrons. The third kappa shape index (κ3) is 3.01. The van der Waals surface area contributed by atoms with Crippen LogP contribution in [0, 0.1) is 17.1 Å². The van der Waals surface area contributed by atoms with Crippen LogP contribution >= 0.6 is 0 Å². The largest absolute Gasteiger partial charge is 0.492 e. The van der Waals surface area contributed by atoms with E-state index in [1.54, 1.807) is 12.1 Å². The summed E-state index contributed by atoms with van der Waals surface area (Å²) >= 11 is 0. The van der Waals surface area contributed by atoms with Crippen LogP contribution in [0.1, 0.15) is 5.82 Å². The topological polar surface area (TPSA) is 63.7 Å². The van der Waals surface area contributed by atoms with Gasteiger partial charge in [-0.15, -0.1) is 5.10 Å². The second-order valence-corrected chi connectivity index (χ2v) is 3.25. The highest BCUT2D eigenvalue weighted by atomic mass is 19.1. The first-order chi connectivity index (χ1) is 8.28. The highest BCUT2D eigenvalue weighted by Gasteiger charge is 1.99. The minimum atomic E-state index is -0.299. The molecule has 0 fully saturated rings. The van der Waals surface area contributed by atoms with Crippen LogP contribution < -0.4 is 4.74 Å². The second kappa shape index (κ2) is 5.07. The Bertz CT molecular complexity index is 529. The molecule has 0 aliphatic heterocycles. The summed E-state index contributed by atoms with van der Waals surface area (Å²) < 4.78 is 19.5. The number of hydrogen-bond donors (Lipinski definition) is 0. The zero-order chi connectivity index (χ0) is 12.1. The monoisotopic (exact) mass is 232 g/mol. The van der Waals surface area contributed by atoms with Gasteiger partial charge in [-0.25, -0.2) is 14.1 Å². The van der Waals surface area contributed by atoms with E-state index in [-0.39, 0.29) is 11.6 Å². The molecule has 0 spiro atoms. The first-order valence-corrected chi connectivity index (χ1v) is 4.96. The van der Waals surface area contributed by atoms with Gasteiger partial charge in [0.15, 0.2) is 0 Å². The summed E-state index contributed by atoms with van der Waals surface area (Å²) in [6.45, 7) is 0.853. The molecule has 0 saturated heterocycles. The van der Waals surface area contributed by atoms with Crippen molar-refractivity contribution in [3.63, 3.8) is 0 Å². The Balaban J connectivity index is 1.83. The maximum absolute atomic E-state index is 12.6. The lowest BCUT2D eigenvalue weighted by molar-refractivity contribution is 0.290. The number of hydrogen-bond acceptors (Lipinski definition) is 4. The van der Waals surface area contributed by atoms with Crippen molar-refractivity contribution in [3.8, 4) is 11.8 Å². The van der Waals surface area contributed by atoms with Crippen LogP contribution in [0.4, 0.5) is 4.39 Å². The Morgan fingerprint density at radius 1 is 1.35 bits per heavy atom. The van der Waals surface area contributed by atoms with Crippen molar-refractivity contribution < 1.29 is 9.13 Å². The minimum absolute atomic E-state index is 0.131. The average molecular weight is 232 g/mol. The van der Waals surface area contributed by atoms with Gasteiger partial charge in [-0.3, -0.25) is 0 Å². The standard InChI is InChI=1S/C11H9FN4O/c12-9-1-3-10(4-2-9)17-6-5-16-8-14-11(7-13)15-16/h1-4,8H,5-6H2. The molecule has 17 heavy (non-hydrogen) atoms. The lowest BCUT2D eigenvalue weighted by Crippen LogP contribution is -2.08. The van der Waals surface area contributed by atoms with Crippen molar-refractivity contribution in [2.75, 3.05) is 6.61 Å². The maximum atomic E-state index is 12.6. The van der Waals surface area contributed by atoms with Crippen molar-refractivity contribution >= 4 is 0 Å². The fraction of sp³-hybridized carbons (Fsp3) is 0.182. The fourth-order valence-electron chi connectivity index (χ4n) is 1.24. The van der Waals surface area contributed by atoms with Crippen LogP contribution in [0.15, 0.2) is 30.6 Å². The van der Waals surface area contributed by atoms with Gasteiger partial charge in [-0.1, -0.05) is 0 Å². The van der Waals surface area contributed by atoms with E-state index in [0.717, 1.165) is 0 Å². The molecule has 6 heteroatoms. The van der Waals surface area contributed by atoms with Crippen molar-refractivity contribution in [2.24, 2.45) is 0 Å². The van der Waals surface area contributed by atoms with Crippen LogP contribution in [-0.4, -0.2) is 21.4 Å².